The SMILES string of the molecule is O=C1CCCc2c1c(Cc1ccccc1)nn2-c1cc(F)ccc1F. The van der Waals surface area contributed by atoms with Crippen LogP contribution in [0.3, 0.4) is 0 Å². The topological polar surface area (TPSA) is 34.9 Å². The van der Waals surface area contributed by atoms with Gasteiger partial charge in [0.05, 0.1) is 17.0 Å². The minimum Gasteiger partial charge on any atom is -0.294 e. The number of nitrogens with zero attached hydrogens (tertiary/aromatic N) is 2. The predicted molar refractivity (Wildman–Crippen MR) is 90.0 cm³/mol. The van der Waals surface area contributed by atoms with Crippen LogP contribution in [0.2, 0.25) is 0 Å². The van der Waals surface area contributed by atoms with Crippen molar-refractivity contribution in [3.05, 3.63) is 82.7 Å². The summed E-state index contributed by atoms with van der Waals surface area (Å²) in [5, 5.41) is 4.50. The molecular weight excluding hydrogens is 322 g/mol. The van der Waals surface area contributed by atoms with E-state index in [1.165, 1.54) is 4.68 Å². The smallest absolute Gasteiger partial charge is 0.166 e. The number of benzene rings is 2. The molecule has 0 saturated carbocycles. The fourth-order valence-corrected chi connectivity index (χ4v) is 3.36. The summed E-state index contributed by atoms with van der Waals surface area (Å²) in [6, 6.07) is 13.0. The van der Waals surface area contributed by atoms with E-state index in [9.17, 15) is 13.6 Å². The molecule has 3 nitrogen and oxygen atoms in total. The Balaban J connectivity index is 1.87. The van der Waals surface area contributed by atoms with Crippen molar-refractivity contribution in [1.82, 2.24) is 9.78 Å². The van der Waals surface area contributed by atoms with E-state index < -0.39 is 11.6 Å². The van der Waals surface area contributed by atoms with Gasteiger partial charge in [-0.1, -0.05) is 30.3 Å². The molecule has 25 heavy (non-hydrogen) atoms. The standard InChI is InChI=1S/C20H16F2N2O/c21-14-9-10-15(22)18(12-14)24-17-7-4-8-19(25)20(17)16(23-24)11-13-5-2-1-3-6-13/h1-3,5-6,9-10,12H,4,7-8,11H2. The van der Waals surface area contributed by atoms with Crippen LogP contribution in [-0.2, 0) is 12.8 Å². The number of fused-ring (bicyclic) bond motifs is 1. The molecule has 0 N–H and O–H groups in total. The number of carbonyl (C=O) groups excluding carboxylic acids is 1. The van der Waals surface area contributed by atoms with Crippen LogP contribution in [0.4, 0.5) is 8.78 Å². The lowest BCUT2D eigenvalue weighted by atomic mass is 9.92. The van der Waals surface area contributed by atoms with Gasteiger partial charge < -0.3 is 0 Å². The monoisotopic (exact) mass is 338 g/mol. The van der Waals surface area contributed by atoms with E-state index in [0.29, 0.717) is 42.6 Å². The third-order valence-corrected chi connectivity index (χ3v) is 4.50. The molecular formula is C20H16F2N2O. The number of ketones is 1. The summed E-state index contributed by atoms with van der Waals surface area (Å²) in [6.45, 7) is 0. The van der Waals surface area contributed by atoms with Crippen LogP contribution in [0.15, 0.2) is 48.5 Å². The van der Waals surface area contributed by atoms with Crippen molar-refractivity contribution in [2.24, 2.45) is 0 Å². The molecule has 5 heteroatoms. The van der Waals surface area contributed by atoms with Gasteiger partial charge in [0.2, 0.25) is 0 Å². The average molecular weight is 338 g/mol. The van der Waals surface area contributed by atoms with E-state index in [4.69, 9.17) is 0 Å². The third-order valence-electron chi connectivity index (χ3n) is 4.50. The van der Waals surface area contributed by atoms with Gasteiger partial charge >= 0.3 is 0 Å². The molecule has 0 fully saturated rings. The Labute approximate surface area is 143 Å². The molecule has 1 heterocycles. The van der Waals surface area contributed by atoms with Gasteiger partial charge in [0.1, 0.15) is 17.3 Å². The number of Topliss-reactive ketones (excluding diaryl/α,β-unsaturated/α-hetero) is 1. The Bertz CT molecular complexity index is 948. The van der Waals surface area contributed by atoms with Gasteiger partial charge in [-0.2, -0.15) is 5.10 Å². The first kappa shape index (κ1) is 15.7. The fraction of sp³-hybridized carbons (Fsp3) is 0.200. The first-order chi connectivity index (χ1) is 12.1. The summed E-state index contributed by atoms with van der Waals surface area (Å²) in [6.07, 6.45) is 2.27. The quantitative estimate of drug-likeness (QED) is 0.715. The fourth-order valence-electron chi connectivity index (χ4n) is 3.36. The number of rotatable bonds is 3. The van der Waals surface area contributed by atoms with E-state index >= 15 is 0 Å². The van der Waals surface area contributed by atoms with Gasteiger partial charge in [0.25, 0.3) is 0 Å². The van der Waals surface area contributed by atoms with Crippen molar-refractivity contribution in [1.29, 1.82) is 0 Å². The molecule has 0 atom stereocenters. The second-order valence-corrected chi connectivity index (χ2v) is 6.22. The lowest BCUT2D eigenvalue weighted by Crippen LogP contribution is -2.14. The summed E-state index contributed by atoms with van der Waals surface area (Å²) in [7, 11) is 0. The minimum absolute atomic E-state index is 0.0234. The van der Waals surface area contributed by atoms with Crippen LogP contribution in [0.5, 0.6) is 0 Å². The summed E-state index contributed by atoms with van der Waals surface area (Å²) in [5.74, 6) is -1.07. The first-order valence-electron chi connectivity index (χ1n) is 8.27. The van der Waals surface area contributed by atoms with E-state index in [0.717, 1.165) is 23.8 Å². The van der Waals surface area contributed by atoms with Crippen molar-refractivity contribution in [3.8, 4) is 5.69 Å². The molecule has 126 valence electrons. The number of carbonyl (C=O) groups is 1. The van der Waals surface area contributed by atoms with E-state index in [-0.39, 0.29) is 11.5 Å². The van der Waals surface area contributed by atoms with Crippen LogP contribution in [-0.4, -0.2) is 15.6 Å². The van der Waals surface area contributed by atoms with Gasteiger partial charge in [-0.15, -0.1) is 0 Å². The van der Waals surface area contributed by atoms with E-state index in [1.807, 2.05) is 30.3 Å². The normalized spacial score (nSPS) is 13.8. The molecule has 0 amide bonds. The van der Waals surface area contributed by atoms with Gasteiger partial charge in [-0.05, 0) is 30.5 Å². The highest BCUT2D eigenvalue weighted by atomic mass is 19.1. The summed E-state index contributed by atoms with van der Waals surface area (Å²) >= 11 is 0. The van der Waals surface area contributed by atoms with Crippen LogP contribution in [0.25, 0.3) is 5.69 Å². The van der Waals surface area contributed by atoms with Gasteiger partial charge in [-0.3, -0.25) is 4.79 Å². The lowest BCUT2D eigenvalue weighted by molar-refractivity contribution is 0.0971. The van der Waals surface area contributed by atoms with E-state index in [2.05, 4.69) is 5.10 Å². The van der Waals surface area contributed by atoms with Crippen molar-refractivity contribution in [2.75, 3.05) is 0 Å². The summed E-state index contributed by atoms with van der Waals surface area (Å²) in [4.78, 5) is 12.5. The predicted octanol–water partition coefficient (Wildman–Crippen LogP) is 4.26. The molecule has 0 aliphatic heterocycles. The molecule has 0 bridgehead atoms. The molecule has 0 radical (unpaired) electrons. The summed E-state index contributed by atoms with van der Waals surface area (Å²) in [5.41, 5.74) is 2.93. The molecule has 0 unspecified atom stereocenters. The van der Waals surface area contributed by atoms with Crippen LogP contribution in [0, 0.1) is 11.6 Å². The Morgan fingerprint density at radius 2 is 1.84 bits per heavy atom. The zero-order valence-electron chi connectivity index (χ0n) is 13.5. The van der Waals surface area contributed by atoms with Crippen molar-refractivity contribution in [2.45, 2.75) is 25.7 Å². The van der Waals surface area contributed by atoms with Crippen molar-refractivity contribution < 1.29 is 13.6 Å². The highest BCUT2D eigenvalue weighted by Gasteiger charge is 2.28. The number of hydrogen-bond donors (Lipinski definition) is 0. The molecule has 0 saturated heterocycles. The largest absolute Gasteiger partial charge is 0.294 e. The zero-order chi connectivity index (χ0) is 17.4. The first-order valence-corrected chi connectivity index (χ1v) is 8.27. The number of hydrogen-bond acceptors (Lipinski definition) is 2. The average Bonchev–Trinajstić information content (AvgIpc) is 2.98. The summed E-state index contributed by atoms with van der Waals surface area (Å²) < 4.78 is 29.3. The van der Waals surface area contributed by atoms with Gasteiger partial charge in [0, 0.05) is 18.9 Å². The Hall–Kier alpha value is -2.82. The maximum Gasteiger partial charge on any atom is 0.166 e. The van der Waals surface area contributed by atoms with Crippen LogP contribution < -0.4 is 0 Å². The maximum absolute atomic E-state index is 14.2. The maximum atomic E-state index is 14.2. The lowest BCUT2D eigenvalue weighted by Gasteiger charge is -2.14. The Morgan fingerprint density at radius 1 is 1.04 bits per heavy atom. The van der Waals surface area contributed by atoms with Gasteiger partial charge in [-0.25, -0.2) is 13.5 Å². The molecule has 2 aromatic carbocycles. The second-order valence-electron chi connectivity index (χ2n) is 6.22. The minimum atomic E-state index is -0.559. The molecule has 0 spiro atoms. The van der Waals surface area contributed by atoms with Crippen molar-refractivity contribution >= 4 is 5.78 Å². The highest BCUT2D eigenvalue weighted by molar-refractivity contribution is 5.99. The van der Waals surface area contributed by atoms with Crippen LogP contribution >= 0.6 is 0 Å². The zero-order valence-corrected chi connectivity index (χ0v) is 13.5. The highest BCUT2D eigenvalue weighted by Crippen LogP contribution is 2.29. The van der Waals surface area contributed by atoms with Crippen molar-refractivity contribution in [3.63, 3.8) is 0 Å². The molecule has 1 aliphatic rings. The second kappa shape index (κ2) is 6.24. The molecule has 3 aromatic rings. The van der Waals surface area contributed by atoms with Crippen LogP contribution in [0.1, 0.15) is 40.2 Å². The molecule has 4 rings (SSSR count). The Morgan fingerprint density at radius 3 is 2.64 bits per heavy atom. The molecule has 1 aromatic heterocycles. The molecule has 1 aliphatic carbocycles. The van der Waals surface area contributed by atoms with Gasteiger partial charge in [0.15, 0.2) is 5.78 Å². The van der Waals surface area contributed by atoms with E-state index in [1.54, 1.807) is 0 Å². The number of halogens is 2. The third kappa shape index (κ3) is 2.86. The number of aromatic nitrogens is 2. The Kier molecular flexibility index (Phi) is 3.92.